The molecule has 28 heavy (non-hydrogen) atoms. The first-order valence-electron chi connectivity index (χ1n) is 8.70. The van der Waals surface area contributed by atoms with Crippen molar-refractivity contribution in [3.63, 3.8) is 0 Å². The van der Waals surface area contributed by atoms with E-state index in [1.54, 1.807) is 25.3 Å². The van der Waals surface area contributed by atoms with Gasteiger partial charge in [0.15, 0.2) is 5.82 Å². The van der Waals surface area contributed by atoms with Crippen molar-refractivity contribution in [2.75, 3.05) is 33.4 Å². The molecule has 3 heterocycles. The van der Waals surface area contributed by atoms with Gasteiger partial charge in [-0.1, -0.05) is 11.2 Å². The Morgan fingerprint density at radius 2 is 2.21 bits per heavy atom. The van der Waals surface area contributed by atoms with Gasteiger partial charge in [-0.3, -0.25) is 0 Å². The normalized spacial score (nSPS) is 18.2. The first-order valence-corrected chi connectivity index (χ1v) is 10.9. The summed E-state index contributed by atoms with van der Waals surface area (Å²) in [5.41, 5.74) is 0.990. The second-order valence-corrected chi connectivity index (χ2v) is 8.76. The van der Waals surface area contributed by atoms with Crippen LogP contribution < -0.4 is 0 Å². The summed E-state index contributed by atoms with van der Waals surface area (Å²) >= 11 is 1.00. The van der Waals surface area contributed by atoms with Gasteiger partial charge < -0.3 is 14.0 Å². The standard InChI is InChI=1S/C16H19N5O5S2/c1-24-7-8-25-10-14-17-16(18-26-14)11-5-6-21(9-11)28(22,23)13-4-2-3-12-15(13)20-27-19-12/h2-4,11H,5-10H2,1H3/t11-/m0/s1. The van der Waals surface area contributed by atoms with E-state index in [1.165, 1.54) is 4.31 Å². The summed E-state index contributed by atoms with van der Waals surface area (Å²) in [6, 6.07) is 5.00. The molecule has 0 N–H and O–H groups in total. The first-order chi connectivity index (χ1) is 13.6. The number of benzene rings is 1. The third-order valence-corrected chi connectivity index (χ3v) is 6.96. The number of hydrogen-bond acceptors (Lipinski definition) is 10. The highest BCUT2D eigenvalue weighted by atomic mass is 32.2. The van der Waals surface area contributed by atoms with Crippen LogP contribution in [0.15, 0.2) is 27.6 Å². The maximum absolute atomic E-state index is 13.1. The number of ether oxygens (including phenoxy) is 2. The SMILES string of the molecule is COCCOCc1nc([C@H]2CCN(S(=O)(=O)c3cccc4nsnc34)C2)no1. The molecule has 1 aliphatic heterocycles. The Morgan fingerprint density at radius 3 is 3.07 bits per heavy atom. The van der Waals surface area contributed by atoms with Crippen LogP contribution in [0.25, 0.3) is 11.0 Å². The van der Waals surface area contributed by atoms with Crippen molar-refractivity contribution in [3.8, 4) is 0 Å². The molecule has 0 spiro atoms. The molecular formula is C16H19N5O5S2. The predicted molar refractivity (Wildman–Crippen MR) is 99.4 cm³/mol. The smallest absolute Gasteiger partial charge is 0.252 e. The van der Waals surface area contributed by atoms with Crippen LogP contribution >= 0.6 is 11.7 Å². The fourth-order valence-electron chi connectivity index (χ4n) is 3.08. The van der Waals surface area contributed by atoms with Crippen molar-refractivity contribution in [1.82, 2.24) is 23.2 Å². The van der Waals surface area contributed by atoms with Crippen molar-refractivity contribution in [1.29, 1.82) is 0 Å². The Kier molecular flexibility index (Phi) is 5.64. The molecule has 150 valence electrons. The molecule has 0 saturated carbocycles. The number of hydrogen-bond donors (Lipinski definition) is 0. The summed E-state index contributed by atoms with van der Waals surface area (Å²) in [7, 11) is -2.08. The van der Waals surface area contributed by atoms with Gasteiger partial charge in [0.1, 0.15) is 22.5 Å². The first kappa shape index (κ1) is 19.3. The molecule has 0 aliphatic carbocycles. The Balaban J connectivity index is 1.45. The van der Waals surface area contributed by atoms with Gasteiger partial charge in [-0.15, -0.1) is 0 Å². The molecule has 3 aromatic rings. The van der Waals surface area contributed by atoms with Crippen molar-refractivity contribution in [2.45, 2.75) is 23.8 Å². The van der Waals surface area contributed by atoms with Gasteiger partial charge in [0, 0.05) is 26.1 Å². The van der Waals surface area contributed by atoms with Gasteiger partial charge in [0.25, 0.3) is 5.89 Å². The summed E-state index contributed by atoms with van der Waals surface area (Å²) in [6.07, 6.45) is 0.619. The zero-order chi connectivity index (χ0) is 19.6. The fraction of sp³-hybridized carbons (Fsp3) is 0.500. The fourth-order valence-corrected chi connectivity index (χ4v) is 5.33. The second kappa shape index (κ2) is 8.17. The molecule has 0 bridgehead atoms. The summed E-state index contributed by atoms with van der Waals surface area (Å²) in [6.45, 7) is 1.79. The van der Waals surface area contributed by atoms with Gasteiger partial charge in [-0.25, -0.2) is 8.42 Å². The lowest BCUT2D eigenvalue weighted by atomic mass is 10.1. The van der Waals surface area contributed by atoms with Crippen LogP contribution in [0.4, 0.5) is 0 Å². The zero-order valence-corrected chi connectivity index (χ0v) is 16.8. The average Bonchev–Trinajstić information content (AvgIpc) is 3.44. The molecule has 0 amide bonds. The minimum atomic E-state index is -3.68. The molecular weight excluding hydrogens is 406 g/mol. The molecule has 10 nitrogen and oxygen atoms in total. The minimum Gasteiger partial charge on any atom is -0.382 e. The van der Waals surface area contributed by atoms with E-state index < -0.39 is 10.0 Å². The molecule has 4 rings (SSSR count). The Labute approximate surface area is 165 Å². The summed E-state index contributed by atoms with van der Waals surface area (Å²) in [5.74, 6) is 0.737. The third-order valence-electron chi connectivity index (χ3n) is 4.52. The number of aromatic nitrogens is 4. The van der Waals surface area contributed by atoms with Crippen LogP contribution in [0.1, 0.15) is 24.1 Å². The van der Waals surface area contributed by atoms with Crippen molar-refractivity contribution in [3.05, 3.63) is 29.9 Å². The molecule has 1 saturated heterocycles. The molecule has 12 heteroatoms. The predicted octanol–water partition coefficient (Wildman–Crippen LogP) is 1.42. The van der Waals surface area contributed by atoms with E-state index in [0.29, 0.717) is 55.5 Å². The van der Waals surface area contributed by atoms with E-state index in [4.69, 9.17) is 14.0 Å². The van der Waals surface area contributed by atoms with E-state index in [0.717, 1.165) is 11.7 Å². The molecule has 0 radical (unpaired) electrons. The number of methoxy groups -OCH3 is 1. The van der Waals surface area contributed by atoms with Crippen molar-refractivity contribution < 1.29 is 22.4 Å². The van der Waals surface area contributed by atoms with Gasteiger partial charge >= 0.3 is 0 Å². The quantitative estimate of drug-likeness (QED) is 0.493. The monoisotopic (exact) mass is 425 g/mol. The molecule has 2 aromatic heterocycles. The van der Waals surface area contributed by atoms with E-state index in [-0.39, 0.29) is 17.4 Å². The van der Waals surface area contributed by atoms with E-state index in [9.17, 15) is 8.42 Å². The summed E-state index contributed by atoms with van der Waals surface area (Å²) < 4.78 is 51.4. The lowest BCUT2D eigenvalue weighted by molar-refractivity contribution is 0.0494. The summed E-state index contributed by atoms with van der Waals surface area (Å²) in [4.78, 5) is 4.52. The van der Waals surface area contributed by atoms with Crippen LogP contribution in [-0.4, -0.2) is 65.0 Å². The molecule has 1 aliphatic rings. The van der Waals surface area contributed by atoms with Gasteiger partial charge in [0.2, 0.25) is 10.0 Å². The topological polar surface area (TPSA) is 121 Å². The van der Waals surface area contributed by atoms with E-state index in [2.05, 4.69) is 18.9 Å². The Bertz CT molecular complexity index is 1050. The maximum Gasteiger partial charge on any atom is 0.252 e. The maximum atomic E-state index is 13.1. The Hall–Kier alpha value is -1.99. The number of fused-ring (bicyclic) bond motifs is 1. The van der Waals surface area contributed by atoms with E-state index >= 15 is 0 Å². The highest BCUT2D eigenvalue weighted by Crippen LogP contribution is 2.32. The van der Waals surface area contributed by atoms with Crippen LogP contribution in [0.2, 0.25) is 0 Å². The number of nitrogens with zero attached hydrogens (tertiary/aromatic N) is 5. The van der Waals surface area contributed by atoms with Gasteiger partial charge in [-0.2, -0.15) is 18.0 Å². The molecule has 1 atom stereocenters. The molecule has 1 aromatic carbocycles. The van der Waals surface area contributed by atoms with Crippen LogP contribution in [0, 0.1) is 0 Å². The average molecular weight is 425 g/mol. The van der Waals surface area contributed by atoms with Crippen LogP contribution in [0.3, 0.4) is 0 Å². The highest BCUT2D eigenvalue weighted by molar-refractivity contribution is 7.89. The molecule has 1 fully saturated rings. The van der Waals surface area contributed by atoms with Gasteiger partial charge in [0.05, 0.1) is 24.9 Å². The van der Waals surface area contributed by atoms with Crippen LogP contribution in [0.5, 0.6) is 0 Å². The van der Waals surface area contributed by atoms with Crippen molar-refractivity contribution >= 4 is 32.8 Å². The number of rotatable bonds is 8. The van der Waals surface area contributed by atoms with Crippen LogP contribution in [-0.2, 0) is 26.1 Å². The van der Waals surface area contributed by atoms with E-state index in [1.807, 2.05) is 0 Å². The Morgan fingerprint density at radius 1 is 1.32 bits per heavy atom. The lowest BCUT2D eigenvalue weighted by Gasteiger charge is -2.16. The summed E-state index contributed by atoms with van der Waals surface area (Å²) in [5, 5.41) is 3.99. The lowest BCUT2D eigenvalue weighted by Crippen LogP contribution is -2.29. The second-order valence-electron chi connectivity index (χ2n) is 6.33. The molecule has 0 unspecified atom stereocenters. The van der Waals surface area contributed by atoms with Crippen molar-refractivity contribution in [2.24, 2.45) is 0 Å². The highest BCUT2D eigenvalue weighted by Gasteiger charge is 2.36. The third kappa shape index (κ3) is 3.78. The minimum absolute atomic E-state index is 0.126. The largest absolute Gasteiger partial charge is 0.382 e. The van der Waals surface area contributed by atoms with Gasteiger partial charge in [-0.05, 0) is 18.6 Å². The number of sulfonamides is 1. The zero-order valence-electron chi connectivity index (χ0n) is 15.1.